The second-order valence-electron chi connectivity index (χ2n) is 8.15. The topological polar surface area (TPSA) is 84.9 Å². The molecule has 1 saturated heterocycles. The highest BCUT2D eigenvalue weighted by molar-refractivity contribution is 7.86. The zero-order chi connectivity index (χ0) is 22.4. The minimum Gasteiger partial charge on any atom is -0.383 e. The van der Waals surface area contributed by atoms with Crippen molar-refractivity contribution in [1.82, 2.24) is 4.90 Å². The van der Waals surface area contributed by atoms with Crippen LogP contribution in [-0.4, -0.2) is 44.9 Å². The van der Waals surface area contributed by atoms with Crippen molar-refractivity contribution in [2.75, 3.05) is 24.7 Å². The summed E-state index contributed by atoms with van der Waals surface area (Å²) in [7, 11) is -3.58. The van der Waals surface area contributed by atoms with Crippen LogP contribution in [0, 0.1) is 0 Å². The summed E-state index contributed by atoms with van der Waals surface area (Å²) in [5.74, 6) is 0.669. The van der Waals surface area contributed by atoms with Crippen LogP contribution in [0.25, 0.3) is 0 Å². The summed E-state index contributed by atoms with van der Waals surface area (Å²) >= 11 is 0. The van der Waals surface area contributed by atoms with Crippen LogP contribution in [0.5, 0.6) is 5.75 Å². The van der Waals surface area contributed by atoms with E-state index in [1.54, 1.807) is 29.2 Å². The van der Waals surface area contributed by atoms with Crippen LogP contribution in [0.4, 0.5) is 10.5 Å². The second-order valence-corrected chi connectivity index (χ2v) is 9.73. The van der Waals surface area contributed by atoms with Crippen molar-refractivity contribution in [1.29, 1.82) is 0 Å². The molecular weight excluding hydrogens is 416 g/mol. The van der Waals surface area contributed by atoms with Gasteiger partial charge in [-0.05, 0) is 54.2 Å². The fourth-order valence-corrected chi connectivity index (χ4v) is 3.91. The lowest BCUT2D eigenvalue weighted by Gasteiger charge is -2.26. The normalized spacial score (nSPS) is 16.3. The fourth-order valence-electron chi connectivity index (χ4n) is 3.45. The van der Waals surface area contributed by atoms with E-state index in [1.165, 1.54) is 5.56 Å². The first-order valence-corrected chi connectivity index (χ1v) is 12.3. The van der Waals surface area contributed by atoms with Gasteiger partial charge in [-0.15, -0.1) is 0 Å². The molecule has 0 saturated carbocycles. The van der Waals surface area contributed by atoms with Gasteiger partial charge in [-0.3, -0.25) is 0 Å². The number of nitrogens with zero attached hydrogens (tertiary/aromatic N) is 1. The summed E-state index contributed by atoms with van der Waals surface area (Å²) in [6, 6.07) is 14.3. The molecule has 1 unspecified atom stereocenters. The van der Waals surface area contributed by atoms with Crippen molar-refractivity contribution in [2.24, 2.45) is 0 Å². The molecule has 0 bridgehead atoms. The maximum absolute atomic E-state index is 13.0. The highest BCUT2D eigenvalue weighted by Gasteiger charge is 2.23. The number of carbonyl (C=O) groups excluding carboxylic acids is 1. The van der Waals surface area contributed by atoms with Crippen LogP contribution < -0.4 is 9.50 Å². The third-order valence-corrected chi connectivity index (χ3v) is 5.60. The largest absolute Gasteiger partial charge is 0.383 e. The van der Waals surface area contributed by atoms with Gasteiger partial charge in [-0.2, -0.15) is 8.42 Å². The third kappa shape index (κ3) is 7.25. The number of anilines is 1. The molecule has 1 aliphatic rings. The molecular formula is C23H30N2O5S. The van der Waals surface area contributed by atoms with Crippen molar-refractivity contribution in [3.05, 3.63) is 59.7 Å². The van der Waals surface area contributed by atoms with E-state index < -0.39 is 10.1 Å². The molecule has 8 heteroatoms. The number of ether oxygens (including phenoxy) is 1. The SMILES string of the molecule is CC(C)c1ccc(NC(=O)N(Cc2ccc(OS(C)(=O)=O)cc2)CC2CCCO2)cc1. The minimum absolute atomic E-state index is 0.0157. The molecule has 7 nitrogen and oxygen atoms in total. The van der Waals surface area contributed by atoms with E-state index in [1.807, 2.05) is 24.3 Å². The first-order chi connectivity index (χ1) is 14.7. The Hall–Kier alpha value is -2.58. The fraction of sp³-hybridized carbons (Fsp3) is 0.435. The lowest BCUT2D eigenvalue weighted by Crippen LogP contribution is -2.39. The van der Waals surface area contributed by atoms with Crippen molar-refractivity contribution >= 4 is 21.8 Å². The summed E-state index contributed by atoms with van der Waals surface area (Å²) in [6.07, 6.45) is 2.94. The summed E-state index contributed by atoms with van der Waals surface area (Å²) in [5, 5.41) is 2.97. The summed E-state index contributed by atoms with van der Waals surface area (Å²) in [4.78, 5) is 14.8. The molecule has 0 spiro atoms. The smallest absolute Gasteiger partial charge is 0.322 e. The zero-order valence-corrected chi connectivity index (χ0v) is 19.0. The Balaban J connectivity index is 1.70. The number of amides is 2. The highest BCUT2D eigenvalue weighted by atomic mass is 32.2. The van der Waals surface area contributed by atoms with E-state index in [9.17, 15) is 13.2 Å². The van der Waals surface area contributed by atoms with Gasteiger partial charge in [-0.25, -0.2) is 4.79 Å². The molecule has 168 valence electrons. The first-order valence-electron chi connectivity index (χ1n) is 10.5. The van der Waals surface area contributed by atoms with Crippen LogP contribution in [0.2, 0.25) is 0 Å². The summed E-state index contributed by atoms with van der Waals surface area (Å²) < 4.78 is 33.2. The molecule has 2 aromatic carbocycles. The minimum atomic E-state index is -3.58. The number of rotatable bonds is 8. The Morgan fingerprint density at radius 3 is 2.39 bits per heavy atom. The quantitative estimate of drug-likeness (QED) is 0.609. The van der Waals surface area contributed by atoms with E-state index in [0.29, 0.717) is 25.6 Å². The van der Waals surface area contributed by atoms with Gasteiger partial charge in [0.15, 0.2) is 0 Å². The Kier molecular flexibility index (Phi) is 7.56. The molecule has 1 atom stereocenters. The maximum Gasteiger partial charge on any atom is 0.322 e. The Labute approximate surface area is 184 Å². The van der Waals surface area contributed by atoms with E-state index >= 15 is 0 Å². The molecule has 0 radical (unpaired) electrons. The monoisotopic (exact) mass is 446 g/mol. The lowest BCUT2D eigenvalue weighted by atomic mass is 10.0. The molecule has 1 N–H and O–H groups in total. The Morgan fingerprint density at radius 1 is 1.16 bits per heavy atom. The number of hydrogen-bond acceptors (Lipinski definition) is 5. The van der Waals surface area contributed by atoms with Gasteiger partial charge in [0, 0.05) is 25.4 Å². The van der Waals surface area contributed by atoms with E-state index in [0.717, 1.165) is 30.3 Å². The summed E-state index contributed by atoms with van der Waals surface area (Å²) in [6.45, 7) is 5.83. The molecule has 2 amide bonds. The molecule has 1 fully saturated rings. The van der Waals surface area contributed by atoms with Crippen LogP contribution in [-0.2, 0) is 21.4 Å². The molecule has 0 aliphatic carbocycles. The van der Waals surface area contributed by atoms with Gasteiger partial charge >= 0.3 is 16.1 Å². The van der Waals surface area contributed by atoms with Gasteiger partial charge < -0.3 is 19.1 Å². The van der Waals surface area contributed by atoms with Crippen molar-refractivity contribution in [3.8, 4) is 5.75 Å². The van der Waals surface area contributed by atoms with Gasteiger partial charge in [0.1, 0.15) is 5.75 Å². The zero-order valence-electron chi connectivity index (χ0n) is 18.2. The van der Waals surface area contributed by atoms with E-state index in [4.69, 9.17) is 8.92 Å². The van der Waals surface area contributed by atoms with Gasteiger partial charge in [0.2, 0.25) is 0 Å². The second kappa shape index (κ2) is 10.2. The molecule has 2 aromatic rings. The van der Waals surface area contributed by atoms with Gasteiger partial charge in [0.05, 0.1) is 12.4 Å². The van der Waals surface area contributed by atoms with Crippen molar-refractivity contribution in [3.63, 3.8) is 0 Å². The van der Waals surface area contributed by atoms with E-state index in [2.05, 4.69) is 19.2 Å². The van der Waals surface area contributed by atoms with Crippen molar-refractivity contribution < 1.29 is 22.1 Å². The molecule has 31 heavy (non-hydrogen) atoms. The highest BCUT2D eigenvalue weighted by Crippen LogP contribution is 2.20. The standard InChI is InChI=1S/C23H30N2O5S/c1-17(2)19-8-10-20(11-9-19)24-23(26)25(16-22-5-4-14-29-22)15-18-6-12-21(13-7-18)30-31(3,27)28/h6-13,17,22H,4-5,14-16H2,1-3H3,(H,24,26). The number of nitrogens with one attached hydrogen (secondary N) is 1. The average molecular weight is 447 g/mol. The van der Waals surface area contributed by atoms with Gasteiger partial charge in [-0.1, -0.05) is 38.1 Å². The average Bonchev–Trinajstić information content (AvgIpc) is 3.21. The lowest BCUT2D eigenvalue weighted by molar-refractivity contribution is 0.0819. The third-order valence-electron chi connectivity index (χ3n) is 5.11. The Morgan fingerprint density at radius 2 is 1.84 bits per heavy atom. The first kappa shape index (κ1) is 23.1. The number of urea groups is 1. The van der Waals surface area contributed by atoms with Gasteiger partial charge in [0.25, 0.3) is 0 Å². The van der Waals surface area contributed by atoms with E-state index in [-0.39, 0.29) is 17.9 Å². The van der Waals surface area contributed by atoms with Crippen molar-refractivity contribution in [2.45, 2.75) is 45.3 Å². The Bertz CT molecular complexity index is 966. The molecule has 1 heterocycles. The maximum atomic E-state index is 13.0. The number of hydrogen-bond donors (Lipinski definition) is 1. The van der Waals surface area contributed by atoms with Crippen LogP contribution >= 0.6 is 0 Å². The van der Waals surface area contributed by atoms with Crippen LogP contribution in [0.15, 0.2) is 48.5 Å². The predicted molar refractivity (Wildman–Crippen MR) is 121 cm³/mol. The molecule has 1 aliphatic heterocycles. The van der Waals surface area contributed by atoms with Crippen LogP contribution in [0.1, 0.15) is 43.7 Å². The van der Waals surface area contributed by atoms with Crippen LogP contribution in [0.3, 0.4) is 0 Å². The molecule has 0 aromatic heterocycles. The molecule has 3 rings (SSSR count). The predicted octanol–water partition coefficient (Wildman–Crippen LogP) is 4.36. The number of benzene rings is 2. The summed E-state index contributed by atoms with van der Waals surface area (Å²) in [5.41, 5.74) is 2.82. The number of carbonyl (C=O) groups is 1.